The fourth-order valence-electron chi connectivity index (χ4n) is 2.79. The zero-order chi connectivity index (χ0) is 14.0. The third kappa shape index (κ3) is 2.97. The fraction of sp³-hybridized carbons (Fsp3) is 0.571. The van der Waals surface area contributed by atoms with E-state index in [1.54, 1.807) is 4.90 Å². The minimum atomic E-state index is -0.899. The van der Waals surface area contributed by atoms with Gasteiger partial charge in [0.05, 0.1) is 6.42 Å². The molecule has 1 N–H and O–H groups in total. The number of carbonyl (C=O) groups is 2. The monoisotopic (exact) mass is 281 g/mol. The summed E-state index contributed by atoms with van der Waals surface area (Å²) in [5, 5.41) is 11.4. The Morgan fingerprint density at radius 2 is 2.26 bits per heavy atom. The Balaban J connectivity index is 2.16. The van der Waals surface area contributed by atoms with Gasteiger partial charge < -0.3 is 10.0 Å². The number of aliphatic carboxylic acids is 1. The van der Waals surface area contributed by atoms with Crippen LogP contribution in [0.4, 0.5) is 0 Å². The second kappa shape index (κ2) is 5.33. The fourth-order valence-corrected chi connectivity index (χ4v) is 3.49. The van der Waals surface area contributed by atoms with Crippen LogP contribution in [0.1, 0.15) is 31.6 Å². The van der Waals surface area contributed by atoms with Crippen LogP contribution in [-0.2, 0) is 16.0 Å². The Morgan fingerprint density at radius 1 is 1.53 bits per heavy atom. The van der Waals surface area contributed by atoms with Crippen LogP contribution < -0.4 is 0 Å². The Bertz CT molecular complexity index is 467. The molecule has 1 saturated heterocycles. The van der Waals surface area contributed by atoms with Gasteiger partial charge in [0.2, 0.25) is 5.91 Å². The van der Waals surface area contributed by atoms with Gasteiger partial charge in [-0.1, -0.05) is 19.9 Å². The highest BCUT2D eigenvalue weighted by Crippen LogP contribution is 2.35. The largest absolute Gasteiger partial charge is 0.480 e. The molecule has 4 nitrogen and oxygen atoms in total. The van der Waals surface area contributed by atoms with Crippen LogP contribution in [0.5, 0.6) is 0 Å². The maximum atomic E-state index is 12.3. The molecule has 0 spiro atoms. The molecule has 0 radical (unpaired) electrons. The minimum absolute atomic E-state index is 0.0809. The number of hydrogen-bond donors (Lipinski definition) is 1. The molecule has 0 aliphatic carbocycles. The first-order chi connectivity index (χ1) is 8.92. The molecule has 1 amide bonds. The highest BCUT2D eigenvalue weighted by atomic mass is 32.1. The number of thiophene rings is 1. The van der Waals surface area contributed by atoms with Crippen molar-refractivity contribution in [1.29, 1.82) is 0 Å². The molecule has 1 aliphatic heterocycles. The van der Waals surface area contributed by atoms with Gasteiger partial charge in [0.1, 0.15) is 6.04 Å². The number of hydrogen-bond acceptors (Lipinski definition) is 3. The quantitative estimate of drug-likeness (QED) is 0.925. The summed E-state index contributed by atoms with van der Waals surface area (Å²) >= 11 is 1.53. The molecule has 1 unspecified atom stereocenters. The molecule has 0 aromatic carbocycles. The van der Waals surface area contributed by atoms with Crippen LogP contribution >= 0.6 is 11.3 Å². The lowest BCUT2D eigenvalue weighted by Gasteiger charge is -2.44. The molecule has 1 aromatic heterocycles. The number of carboxylic acid groups (broad SMARTS) is 1. The molecule has 1 aromatic rings. The van der Waals surface area contributed by atoms with Crippen molar-refractivity contribution in [2.24, 2.45) is 5.41 Å². The Morgan fingerprint density at radius 3 is 2.84 bits per heavy atom. The third-order valence-corrected chi connectivity index (χ3v) is 4.61. The highest BCUT2D eigenvalue weighted by Gasteiger charge is 2.44. The van der Waals surface area contributed by atoms with Crippen molar-refractivity contribution in [1.82, 2.24) is 4.90 Å². The van der Waals surface area contributed by atoms with Gasteiger partial charge in [-0.05, 0) is 29.7 Å². The van der Waals surface area contributed by atoms with Crippen LogP contribution in [0.2, 0.25) is 0 Å². The topological polar surface area (TPSA) is 57.6 Å². The molecular weight excluding hydrogens is 262 g/mol. The average Bonchev–Trinajstić information content (AvgIpc) is 2.79. The first-order valence-electron chi connectivity index (χ1n) is 6.46. The maximum Gasteiger partial charge on any atom is 0.326 e. The Hall–Kier alpha value is -1.36. The predicted octanol–water partition coefficient (Wildman–Crippen LogP) is 2.39. The molecule has 104 valence electrons. The first-order valence-corrected chi connectivity index (χ1v) is 7.34. The van der Waals surface area contributed by atoms with Gasteiger partial charge in [-0.25, -0.2) is 4.79 Å². The van der Waals surface area contributed by atoms with E-state index in [0.717, 1.165) is 17.7 Å². The van der Waals surface area contributed by atoms with Gasteiger partial charge in [0.25, 0.3) is 0 Å². The van der Waals surface area contributed by atoms with Gasteiger partial charge in [-0.3, -0.25) is 4.79 Å². The standard InChI is InChI=1S/C14H19NO3S/c1-14(2)6-4-7-15(12(14)13(17)18)11(16)9-10-5-3-8-19-10/h3,5,8,12H,4,6-7,9H2,1-2H3,(H,17,18). The van der Waals surface area contributed by atoms with E-state index in [1.165, 1.54) is 11.3 Å². The SMILES string of the molecule is CC1(C)CCCN(C(=O)Cc2cccs2)C1C(=O)O. The second-order valence-electron chi connectivity index (χ2n) is 5.68. The summed E-state index contributed by atoms with van der Waals surface area (Å²) in [5.41, 5.74) is -0.366. The number of likely N-dealkylation sites (tertiary alicyclic amines) is 1. The van der Waals surface area contributed by atoms with Gasteiger partial charge in [-0.2, -0.15) is 0 Å². The van der Waals surface area contributed by atoms with Crippen molar-refractivity contribution in [2.75, 3.05) is 6.54 Å². The van der Waals surface area contributed by atoms with Crippen molar-refractivity contribution in [3.05, 3.63) is 22.4 Å². The van der Waals surface area contributed by atoms with Crippen molar-refractivity contribution < 1.29 is 14.7 Å². The lowest BCUT2D eigenvalue weighted by Crippen LogP contribution is -2.56. The summed E-state index contributed by atoms with van der Waals surface area (Å²) < 4.78 is 0. The molecular formula is C14H19NO3S. The van der Waals surface area contributed by atoms with Crippen molar-refractivity contribution >= 4 is 23.2 Å². The third-order valence-electron chi connectivity index (χ3n) is 3.73. The predicted molar refractivity (Wildman–Crippen MR) is 74.2 cm³/mol. The summed E-state index contributed by atoms with van der Waals surface area (Å²) in [6.45, 7) is 4.40. The second-order valence-corrected chi connectivity index (χ2v) is 6.71. The Labute approximate surface area is 117 Å². The molecule has 1 fully saturated rings. The van der Waals surface area contributed by atoms with E-state index in [9.17, 15) is 14.7 Å². The first kappa shape index (κ1) is 14.1. The van der Waals surface area contributed by atoms with Crippen LogP contribution in [-0.4, -0.2) is 34.5 Å². The summed E-state index contributed by atoms with van der Waals surface area (Å²) in [4.78, 5) is 26.4. The smallest absolute Gasteiger partial charge is 0.326 e. The van der Waals surface area contributed by atoms with E-state index in [1.807, 2.05) is 31.4 Å². The summed E-state index contributed by atoms with van der Waals surface area (Å²) in [5.74, 6) is -0.980. The summed E-state index contributed by atoms with van der Waals surface area (Å²) in [6, 6.07) is 3.10. The van der Waals surface area contributed by atoms with E-state index in [4.69, 9.17) is 0 Å². The molecule has 2 rings (SSSR count). The van der Waals surface area contributed by atoms with Crippen molar-refractivity contribution in [3.8, 4) is 0 Å². The Kier molecular flexibility index (Phi) is 3.94. The number of rotatable bonds is 3. The molecule has 0 bridgehead atoms. The van der Waals surface area contributed by atoms with Gasteiger partial charge >= 0.3 is 5.97 Å². The number of carbonyl (C=O) groups excluding carboxylic acids is 1. The van der Waals surface area contributed by atoms with E-state index in [-0.39, 0.29) is 11.3 Å². The van der Waals surface area contributed by atoms with E-state index in [0.29, 0.717) is 13.0 Å². The molecule has 0 saturated carbocycles. The maximum absolute atomic E-state index is 12.3. The van der Waals surface area contributed by atoms with Crippen molar-refractivity contribution in [3.63, 3.8) is 0 Å². The minimum Gasteiger partial charge on any atom is -0.480 e. The lowest BCUT2D eigenvalue weighted by molar-refractivity contribution is -0.158. The molecule has 1 aliphatic rings. The molecule has 1 atom stereocenters. The zero-order valence-corrected chi connectivity index (χ0v) is 12.1. The summed E-state index contributed by atoms with van der Waals surface area (Å²) in [7, 11) is 0. The van der Waals surface area contributed by atoms with Crippen LogP contribution in [0, 0.1) is 5.41 Å². The van der Waals surface area contributed by atoms with Crippen LogP contribution in [0.3, 0.4) is 0 Å². The van der Waals surface area contributed by atoms with Crippen LogP contribution in [0.15, 0.2) is 17.5 Å². The average molecular weight is 281 g/mol. The van der Waals surface area contributed by atoms with Gasteiger partial charge in [-0.15, -0.1) is 11.3 Å². The highest BCUT2D eigenvalue weighted by molar-refractivity contribution is 7.10. The van der Waals surface area contributed by atoms with E-state index in [2.05, 4.69) is 0 Å². The summed E-state index contributed by atoms with van der Waals surface area (Å²) in [6.07, 6.45) is 2.01. The number of nitrogens with zero attached hydrogens (tertiary/aromatic N) is 1. The number of amides is 1. The van der Waals surface area contributed by atoms with Gasteiger partial charge in [0.15, 0.2) is 0 Å². The van der Waals surface area contributed by atoms with Crippen molar-refractivity contribution in [2.45, 2.75) is 39.2 Å². The lowest BCUT2D eigenvalue weighted by atomic mass is 9.76. The molecule has 2 heterocycles. The normalized spacial score (nSPS) is 22.2. The van der Waals surface area contributed by atoms with E-state index >= 15 is 0 Å². The molecule has 19 heavy (non-hydrogen) atoms. The molecule has 5 heteroatoms. The van der Waals surface area contributed by atoms with Crippen LogP contribution in [0.25, 0.3) is 0 Å². The zero-order valence-electron chi connectivity index (χ0n) is 11.3. The number of piperidine rings is 1. The number of carboxylic acids is 1. The van der Waals surface area contributed by atoms with E-state index < -0.39 is 12.0 Å². The van der Waals surface area contributed by atoms with Gasteiger partial charge in [0, 0.05) is 11.4 Å².